The van der Waals surface area contributed by atoms with Gasteiger partial charge in [-0.15, -0.1) is 0 Å². The van der Waals surface area contributed by atoms with E-state index in [2.05, 4.69) is 10.1 Å². The number of fused-ring (bicyclic) bond motifs is 3. The number of H-pyrrole nitrogens is 1. The second kappa shape index (κ2) is 5.01. The van der Waals surface area contributed by atoms with Crippen molar-refractivity contribution in [2.75, 3.05) is 0 Å². The van der Waals surface area contributed by atoms with Crippen LogP contribution in [0.4, 0.5) is 0 Å². The van der Waals surface area contributed by atoms with Crippen LogP contribution >= 0.6 is 36.0 Å². The second-order valence-corrected chi connectivity index (χ2v) is 5.99. The van der Waals surface area contributed by atoms with Crippen LogP contribution in [-0.2, 0) is 0 Å². The van der Waals surface area contributed by atoms with Crippen molar-refractivity contribution in [3.8, 4) is 5.69 Å². The van der Waals surface area contributed by atoms with Crippen LogP contribution in [0.1, 0.15) is 0 Å². The lowest BCUT2D eigenvalue weighted by Gasteiger charge is -2.06. The molecule has 4 aromatic rings. The first-order valence-corrected chi connectivity index (χ1v) is 7.73. The first-order chi connectivity index (χ1) is 10.6. The van der Waals surface area contributed by atoms with Crippen molar-refractivity contribution < 1.29 is 0 Å². The zero-order valence-corrected chi connectivity index (χ0v) is 13.5. The normalized spacial score (nSPS) is 11.3. The first-order valence-electron chi connectivity index (χ1n) is 6.53. The number of para-hydroxylation sites is 1. The number of halogens is 1. The minimum absolute atomic E-state index is 0.408. The lowest BCUT2D eigenvalue weighted by atomic mass is 10.2. The summed E-state index contributed by atoms with van der Waals surface area (Å²) in [5.41, 5.74) is 2.56. The molecule has 7 heteroatoms. The third kappa shape index (κ3) is 1.99. The average molecular weight is 345 g/mol. The van der Waals surface area contributed by atoms with E-state index in [9.17, 15) is 0 Å². The highest BCUT2D eigenvalue weighted by Gasteiger charge is 2.12. The summed E-state index contributed by atoms with van der Waals surface area (Å²) in [5, 5.41) is 4.64. The fourth-order valence-corrected chi connectivity index (χ4v) is 3.21. The minimum Gasteiger partial charge on any atom is -0.269 e. The predicted molar refractivity (Wildman–Crippen MR) is 93.1 cm³/mol. The summed E-state index contributed by atoms with van der Waals surface area (Å²) in [6.45, 7) is 0. The molecule has 0 aliphatic carbocycles. The maximum Gasteiger partial charge on any atom is 0.221 e. The Balaban J connectivity index is 2.27. The molecule has 0 unspecified atom stereocenters. The Hall–Kier alpha value is -2.02. The van der Waals surface area contributed by atoms with E-state index in [-0.39, 0.29) is 0 Å². The van der Waals surface area contributed by atoms with Gasteiger partial charge >= 0.3 is 0 Å². The van der Waals surface area contributed by atoms with Crippen molar-refractivity contribution in [1.29, 1.82) is 0 Å². The molecule has 2 heterocycles. The minimum atomic E-state index is 0.408. The smallest absolute Gasteiger partial charge is 0.221 e. The molecule has 1 N–H and O–H groups in total. The van der Waals surface area contributed by atoms with Crippen LogP contribution in [0.25, 0.3) is 22.2 Å². The van der Waals surface area contributed by atoms with E-state index >= 15 is 0 Å². The lowest BCUT2D eigenvalue weighted by molar-refractivity contribution is 0.907. The molecular formula is C15H9ClN4S2. The van der Waals surface area contributed by atoms with Crippen molar-refractivity contribution >= 4 is 52.6 Å². The summed E-state index contributed by atoms with van der Waals surface area (Å²) in [5.74, 6) is 0. The van der Waals surface area contributed by atoms with Gasteiger partial charge in [-0.3, -0.25) is 9.67 Å². The van der Waals surface area contributed by atoms with Crippen molar-refractivity contribution in [3.63, 3.8) is 0 Å². The number of nitrogens with zero attached hydrogens (tertiary/aromatic N) is 3. The van der Waals surface area contributed by atoms with E-state index in [0.717, 1.165) is 22.2 Å². The summed E-state index contributed by atoms with van der Waals surface area (Å²) in [6, 6.07) is 15.5. The largest absolute Gasteiger partial charge is 0.269 e. The van der Waals surface area contributed by atoms with Gasteiger partial charge in [0.2, 0.25) is 4.77 Å². The molecule has 2 aromatic carbocycles. The molecule has 108 valence electrons. The zero-order valence-electron chi connectivity index (χ0n) is 11.2. The number of aromatic nitrogens is 4. The standard InChI is InChI=1S/C15H9ClN4S2/c16-9-6-7-11-12(8-9)17-14(21)20-13(11)19(15(22)18-20)10-4-2-1-3-5-10/h1-8H,(H,18,22). The molecule has 0 aliphatic rings. The Morgan fingerprint density at radius 2 is 1.82 bits per heavy atom. The summed E-state index contributed by atoms with van der Waals surface area (Å²) in [4.78, 5) is 4.42. The second-order valence-electron chi connectivity index (χ2n) is 4.80. The number of rotatable bonds is 1. The molecule has 22 heavy (non-hydrogen) atoms. The monoisotopic (exact) mass is 344 g/mol. The highest BCUT2D eigenvalue weighted by atomic mass is 35.5. The van der Waals surface area contributed by atoms with Gasteiger partial charge in [-0.2, -0.15) is 0 Å². The Kier molecular flexibility index (Phi) is 3.11. The third-order valence-electron chi connectivity index (χ3n) is 3.46. The predicted octanol–water partition coefficient (Wildman–Crippen LogP) is 4.72. The SMILES string of the molecule is S=c1[nH]n2c(=S)nc3cc(Cl)ccc3c2n1-c1ccccc1. The fourth-order valence-electron chi connectivity index (χ4n) is 2.53. The Morgan fingerprint density at radius 1 is 1.05 bits per heavy atom. The van der Waals surface area contributed by atoms with E-state index in [1.165, 1.54) is 0 Å². The summed E-state index contributed by atoms with van der Waals surface area (Å²) >= 11 is 16.9. The highest BCUT2D eigenvalue weighted by Crippen LogP contribution is 2.24. The van der Waals surface area contributed by atoms with Gasteiger partial charge in [-0.1, -0.05) is 29.8 Å². The van der Waals surface area contributed by atoms with Crippen LogP contribution in [0.3, 0.4) is 0 Å². The molecule has 0 amide bonds. The molecule has 4 nitrogen and oxygen atoms in total. The maximum absolute atomic E-state index is 6.07. The molecule has 0 bridgehead atoms. The van der Waals surface area contributed by atoms with Gasteiger partial charge in [0.05, 0.1) is 5.52 Å². The number of nitrogens with one attached hydrogen (secondary N) is 1. The summed E-state index contributed by atoms with van der Waals surface area (Å²) < 4.78 is 4.64. The maximum atomic E-state index is 6.07. The van der Waals surface area contributed by atoms with Gasteiger partial charge in [0, 0.05) is 16.1 Å². The Labute approximate surface area is 140 Å². The molecule has 0 atom stereocenters. The topological polar surface area (TPSA) is 38.0 Å². The highest BCUT2D eigenvalue weighted by molar-refractivity contribution is 7.71. The van der Waals surface area contributed by atoms with E-state index in [1.54, 1.807) is 10.6 Å². The van der Waals surface area contributed by atoms with Crippen molar-refractivity contribution in [3.05, 3.63) is 63.1 Å². The van der Waals surface area contributed by atoms with Crippen LogP contribution in [0.15, 0.2) is 48.5 Å². The molecule has 0 aliphatic heterocycles. The van der Waals surface area contributed by atoms with Gasteiger partial charge in [0.15, 0.2) is 10.4 Å². The van der Waals surface area contributed by atoms with E-state index in [4.69, 9.17) is 36.0 Å². The van der Waals surface area contributed by atoms with Gasteiger partial charge in [0.25, 0.3) is 0 Å². The number of hydrogen-bond donors (Lipinski definition) is 1. The Morgan fingerprint density at radius 3 is 2.59 bits per heavy atom. The molecule has 0 spiro atoms. The van der Waals surface area contributed by atoms with E-state index < -0.39 is 0 Å². The fraction of sp³-hybridized carbons (Fsp3) is 0. The van der Waals surface area contributed by atoms with Gasteiger partial charge < -0.3 is 0 Å². The summed E-state index contributed by atoms with van der Waals surface area (Å²) in [7, 11) is 0. The molecule has 0 radical (unpaired) electrons. The van der Waals surface area contributed by atoms with Gasteiger partial charge in [-0.25, -0.2) is 9.50 Å². The van der Waals surface area contributed by atoms with Crippen LogP contribution < -0.4 is 0 Å². The summed E-state index contributed by atoms with van der Waals surface area (Å²) in [6.07, 6.45) is 0. The van der Waals surface area contributed by atoms with Gasteiger partial charge in [0.1, 0.15) is 0 Å². The van der Waals surface area contributed by atoms with Crippen LogP contribution in [0.5, 0.6) is 0 Å². The lowest BCUT2D eigenvalue weighted by Crippen LogP contribution is -1.99. The number of aromatic amines is 1. The zero-order chi connectivity index (χ0) is 15.3. The van der Waals surface area contributed by atoms with Crippen LogP contribution in [0, 0.1) is 9.54 Å². The Bertz CT molecular complexity index is 1130. The molecule has 2 aromatic heterocycles. The van der Waals surface area contributed by atoms with Crippen LogP contribution in [0.2, 0.25) is 5.02 Å². The van der Waals surface area contributed by atoms with Crippen molar-refractivity contribution in [2.24, 2.45) is 0 Å². The molecule has 0 fully saturated rings. The van der Waals surface area contributed by atoms with E-state index in [1.807, 2.05) is 47.0 Å². The molecule has 0 saturated heterocycles. The van der Waals surface area contributed by atoms with Gasteiger partial charge in [-0.05, 0) is 54.8 Å². The molecule has 4 rings (SSSR count). The number of hydrogen-bond acceptors (Lipinski definition) is 3. The van der Waals surface area contributed by atoms with Crippen LogP contribution in [-0.4, -0.2) is 19.2 Å². The van der Waals surface area contributed by atoms with Crippen molar-refractivity contribution in [1.82, 2.24) is 19.2 Å². The molecular weight excluding hydrogens is 336 g/mol. The van der Waals surface area contributed by atoms with Crippen molar-refractivity contribution in [2.45, 2.75) is 0 Å². The van der Waals surface area contributed by atoms with E-state index in [0.29, 0.717) is 14.6 Å². The first kappa shape index (κ1) is 13.6. The average Bonchev–Trinajstić information content (AvgIpc) is 2.86. The quantitative estimate of drug-likeness (QED) is 0.508. The molecule has 0 saturated carbocycles. The number of benzene rings is 2. The third-order valence-corrected chi connectivity index (χ3v) is 4.24.